The Morgan fingerprint density at radius 2 is 1.79 bits per heavy atom. The van der Waals surface area contributed by atoms with E-state index in [1.165, 1.54) is 28.0 Å². The lowest BCUT2D eigenvalue weighted by atomic mass is 9.89. The minimum Gasteiger partial charge on any atom is -0.467 e. The summed E-state index contributed by atoms with van der Waals surface area (Å²) in [6, 6.07) is 9.33. The van der Waals surface area contributed by atoms with E-state index >= 15 is 0 Å². The molecule has 2 aliphatic heterocycles. The molecule has 6 nitrogen and oxygen atoms in total. The van der Waals surface area contributed by atoms with Crippen molar-refractivity contribution in [3.8, 4) is 6.01 Å². The lowest BCUT2D eigenvalue weighted by Crippen LogP contribution is -2.46. The molecular formula is C28H35N5O. The van der Waals surface area contributed by atoms with Crippen LogP contribution in [0.2, 0.25) is 0 Å². The van der Waals surface area contributed by atoms with Gasteiger partial charge in [0.05, 0.1) is 19.3 Å². The lowest BCUT2D eigenvalue weighted by Gasteiger charge is -2.37. The molecule has 0 unspecified atom stereocenters. The van der Waals surface area contributed by atoms with Gasteiger partial charge in [0.2, 0.25) is 0 Å². The van der Waals surface area contributed by atoms with E-state index in [2.05, 4.69) is 59.0 Å². The number of allylic oxidation sites excluding steroid dienone is 2. The molecule has 6 heteroatoms. The molecule has 0 radical (unpaired) electrons. The molecule has 0 amide bonds. The van der Waals surface area contributed by atoms with Gasteiger partial charge in [-0.25, -0.2) is 0 Å². The molecule has 3 heterocycles. The number of fused-ring (bicyclic) bond motifs is 2. The van der Waals surface area contributed by atoms with Crippen molar-refractivity contribution in [1.29, 1.82) is 0 Å². The van der Waals surface area contributed by atoms with E-state index in [9.17, 15) is 0 Å². The SMILES string of the molecule is C=CC(=C)N1CCN(c2nc(OC)nc3c2CCCN(C2=C(C)CCc4ccccc42)C3)CC1. The molecule has 2 aromatic rings. The van der Waals surface area contributed by atoms with Crippen LogP contribution in [0.5, 0.6) is 6.01 Å². The van der Waals surface area contributed by atoms with Crippen LogP contribution in [-0.2, 0) is 19.4 Å². The van der Waals surface area contributed by atoms with Gasteiger partial charge in [0.1, 0.15) is 5.82 Å². The normalized spacial score (nSPS) is 18.2. The minimum absolute atomic E-state index is 0.461. The summed E-state index contributed by atoms with van der Waals surface area (Å²) in [5.74, 6) is 1.04. The van der Waals surface area contributed by atoms with Crippen LogP contribution in [-0.4, -0.2) is 59.6 Å². The third-order valence-corrected chi connectivity index (χ3v) is 7.41. The Balaban J connectivity index is 1.47. The largest absolute Gasteiger partial charge is 0.467 e. The van der Waals surface area contributed by atoms with Gasteiger partial charge >= 0.3 is 6.01 Å². The Hall–Kier alpha value is -3.28. The van der Waals surface area contributed by atoms with Crippen LogP contribution in [0.15, 0.2) is 54.8 Å². The van der Waals surface area contributed by atoms with Gasteiger partial charge in [-0.05, 0) is 49.8 Å². The van der Waals surface area contributed by atoms with E-state index in [0.717, 1.165) is 82.2 Å². The van der Waals surface area contributed by atoms with Crippen molar-refractivity contribution in [3.63, 3.8) is 0 Å². The molecule has 178 valence electrons. The maximum Gasteiger partial charge on any atom is 0.318 e. The second kappa shape index (κ2) is 9.53. The van der Waals surface area contributed by atoms with Crippen LogP contribution in [0.4, 0.5) is 5.82 Å². The van der Waals surface area contributed by atoms with Crippen molar-refractivity contribution in [2.24, 2.45) is 0 Å². The number of benzene rings is 1. The summed E-state index contributed by atoms with van der Waals surface area (Å²) >= 11 is 0. The molecule has 5 rings (SSSR count). The third-order valence-electron chi connectivity index (χ3n) is 7.41. The van der Waals surface area contributed by atoms with Gasteiger partial charge in [-0.2, -0.15) is 9.97 Å². The maximum absolute atomic E-state index is 5.57. The first-order valence-corrected chi connectivity index (χ1v) is 12.4. The fourth-order valence-corrected chi connectivity index (χ4v) is 5.55. The van der Waals surface area contributed by atoms with Crippen LogP contribution in [0.25, 0.3) is 5.70 Å². The van der Waals surface area contributed by atoms with Gasteiger partial charge in [-0.3, -0.25) is 0 Å². The molecule has 0 spiro atoms. The zero-order valence-electron chi connectivity index (χ0n) is 20.5. The molecule has 0 atom stereocenters. The van der Waals surface area contributed by atoms with Gasteiger partial charge in [0.15, 0.2) is 0 Å². The first-order chi connectivity index (χ1) is 16.6. The summed E-state index contributed by atoms with van der Waals surface area (Å²) < 4.78 is 5.57. The Bertz CT molecular complexity index is 1130. The van der Waals surface area contributed by atoms with Gasteiger partial charge in [-0.15, -0.1) is 0 Å². The lowest BCUT2D eigenvalue weighted by molar-refractivity contribution is 0.328. The second-order valence-electron chi connectivity index (χ2n) is 9.44. The van der Waals surface area contributed by atoms with Crippen molar-refractivity contribution in [1.82, 2.24) is 19.8 Å². The molecule has 3 aliphatic rings. The predicted octanol–water partition coefficient (Wildman–Crippen LogP) is 4.43. The summed E-state index contributed by atoms with van der Waals surface area (Å²) in [6.07, 6.45) is 6.15. The van der Waals surface area contributed by atoms with Crippen LogP contribution in [0.3, 0.4) is 0 Å². The zero-order valence-corrected chi connectivity index (χ0v) is 20.5. The first kappa shape index (κ1) is 22.5. The highest BCUT2D eigenvalue weighted by molar-refractivity contribution is 5.72. The van der Waals surface area contributed by atoms with E-state index in [4.69, 9.17) is 14.7 Å². The number of aromatic nitrogens is 2. The highest BCUT2D eigenvalue weighted by Gasteiger charge is 2.29. The Kier molecular flexibility index (Phi) is 6.31. The molecule has 0 bridgehead atoms. The van der Waals surface area contributed by atoms with E-state index in [-0.39, 0.29) is 0 Å². The first-order valence-electron chi connectivity index (χ1n) is 12.4. The minimum atomic E-state index is 0.461. The molecule has 1 aliphatic carbocycles. The van der Waals surface area contributed by atoms with Crippen LogP contribution in [0, 0.1) is 0 Å². The number of anilines is 1. The smallest absolute Gasteiger partial charge is 0.318 e. The predicted molar refractivity (Wildman–Crippen MR) is 138 cm³/mol. The van der Waals surface area contributed by atoms with Crippen molar-refractivity contribution in [2.75, 3.05) is 44.7 Å². The number of aryl methyl sites for hydroxylation is 1. The van der Waals surface area contributed by atoms with Crippen molar-refractivity contribution >= 4 is 11.5 Å². The van der Waals surface area contributed by atoms with Gasteiger partial charge in [0.25, 0.3) is 0 Å². The van der Waals surface area contributed by atoms with Gasteiger partial charge in [-0.1, -0.05) is 37.4 Å². The van der Waals surface area contributed by atoms with Crippen LogP contribution >= 0.6 is 0 Å². The second-order valence-corrected chi connectivity index (χ2v) is 9.44. The Labute approximate surface area is 203 Å². The molecule has 0 N–H and O–H groups in total. The van der Waals surface area contributed by atoms with E-state index in [1.54, 1.807) is 7.11 Å². The fourth-order valence-electron chi connectivity index (χ4n) is 5.55. The topological polar surface area (TPSA) is 44.7 Å². The average molecular weight is 458 g/mol. The summed E-state index contributed by atoms with van der Waals surface area (Å²) in [5.41, 5.74) is 9.07. The Morgan fingerprint density at radius 3 is 2.56 bits per heavy atom. The third kappa shape index (κ3) is 4.17. The molecule has 1 aromatic heterocycles. The summed E-state index contributed by atoms with van der Waals surface area (Å²) in [5, 5.41) is 0. The summed E-state index contributed by atoms with van der Waals surface area (Å²) in [7, 11) is 1.66. The number of hydrogen-bond acceptors (Lipinski definition) is 6. The zero-order chi connectivity index (χ0) is 23.7. The van der Waals surface area contributed by atoms with Gasteiger partial charge in [0, 0.05) is 55.2 Å². The number of nitrogens with zero attached hydrogens (tertiary/aromatic N) is 5. The molecule has 1 fully saturated rings. The summed E-state index contributed by atoms with van der Waals surface area (Å²) in [6.45, 7) is 15.7. The number of hydrogen-bond donors (Lipinski definition) is 0. The molecule has 1 saturated heterocycles. The molecule has 0 saturated carbocycles. The van der Waals surface area contributed by atoms with Crippen molar-refractivity contribution < 1.29 is 4.74 Å². The summed E-state index contributed by atoms with van der Waals surface area (Å²) in [4.78, 5) is 16.9. The molecule has 1 aromatic carbocycles. The monoisotopic (exact) mass is 457 g/mol. The van der Waals surface area contributed by atoms with E-state index in [1.807, 2.05) is 6.08 Å². The number of ether oxygens (including phenoxy) is 1. The van der Waals surface area contributed by atoms with E-state index < -0.39 is 0 Å². The van der Waals surface area contributed by atoms with Gasteiger partial charge < -0.3 is 19.4 Å². The van der Waals surface area contributed by atoms with E-state index in [0.29, 0.717) is 6.01 Å². The maximum atomic E-state index is 5.57. The number of methoxy groups -OCH3 is 1. The van der Waals surface area contributed by atoms with Crippen LogP contribution < -0.4 is 9.64 Å². The quantitative estimate of drug-likeness (QED) is 0.619. The standard InChI is InChI=1S/C28H35N5O/c1-5-21(3)31-15-17-32(18-16-31)27-24-11-8-14-33(19-25(24)29-28(30-27)34-4)26-20(2)12-13-22-9-6-7-10-23(22)26/h5-7,9-10H,1,3,8,11-19H2,2,4H3. The fraction of sp³-hybridized carbons (Fsp3) is 0.429. The average Bonchev–Trinajstić information content (AvgIpc) is 3.09. The molecule has 34 heavy (non-hydrogen) atoms. The Morgan fingerprint density at radius 1 is 1.00 bits per heavy atom. The number of rotatable bonds is 5. The highest BCUT2D eigenvalue weighted by Crippen LogP contribution is 2.37. The van der Waals surface area contributed by atoms with Crippen molar-refractivity contribution in [3.05, 3.63) is 77.2 Å². The highest BCUT2D eigenvalue weighted by atomic mass is 16.5. The molecular weight excluding hydrogens is 422 g/mol. The van der Waals surface area contributed by atoms with Crippen LogP contribution in [0.1, 0.15) is 42.1 Å². The van der Waals surface area contributed by atoms with Crippen molar-refractivity contribution in [2.45, 2.75) is 39.2 Å². The number of piperazine rings is 1.